The fourth-order valence-corrected chi connectivity index (χ4v) is 1.79. The van der Waals surface area contributed by atoms with Gasteiger partial charge in [0.2, 0.25) is 5.88 Å². The summed E-state index contributed by atoms with van der Waals surface area (Å²) >= 11 is 0. The van der Waals surface area contributed by atoms with E-state index in [1.165, 1.54) is 5.56 Å². The molecule has 1 heterocycles. The first-order valence-electron chi connectivity index (χ1n) is 6.86. The zero-order chi connectivity index (χ0) is 14.2. The maximum Gasteiger partial charge on any atom is 0.213 e. The lowest BCUT2D eigenvalue weighted by molar-refractivity contribution is 0.327. The largest absolute Gasteiger partial charge is 0.494 e. The Morgan fingerprint density at radius 1 is 0.950 bits per heavy atom. The molecule has 2 aromatic rings. The van der Waals surface area contributed by atoms with Gasteiger partial charge in [-0.05, 0) is 37.6 Å². The van der Waals surface area contributed by atoms with Gasteiger partial charge in [0.05, 0.1) is 25.1 Å². The summed E-state index contributed by atoms with van der Waals surface area (Å²) in [7, 11) is 0. The Balaban J connectivity index is 1.87. The molecule has 20 heavy (non-hydrogen) atoms. The van der Waals surface area contributed by atoms with Crippen LogP contribution in [0.15, 0.2) is 42.6 Å². The molecule has 106 valence electrons. The molecule has 0 saturated carbocycles. The molecule has 0 amide bonds. The number of hydrogen-bond acceptors (Lipinski definition) is 4. The fraction of sp³-hybridized carbons (Fsp3) is 0.312. The van der Waals surface area contributed by atoms with Crippen LogP contribution >= 0.6 is 0 Å². The lowest BCUT2D eigenvalue weighted by atomic mass is 10.2. The molecule has 4 nitrogen and oxygen atoms in total. The van der Waals surface area contributed by atoms with Crippen molar-refractivity contribution in [3.05, 3.63) is 48.2 Å². The summed E-state index contributed by atoms with van der Waals surface area (Å²) in [5.74, 6) is 1.55. The van der Waals surface area contributed by atoms with Crippen molar-refractivity contribution in [1.82, 2.24) is 4.98 Å². The van der Waals surface area contributed by atoms with Gasteiger partial charge >= 0.3 is 0 Å². The number of aromatic nitrogens is 1. The highest BCUT2D eigenvalue weighted by atomic mass is 16.5. The van der Waals surface area contributed by atoms with E-state index in [0.29, 0.717) is 19.1 Å². The van der Waals surface area contributed by atoms with Gasteiger partial charge in [-0.3, -0.25) is 0 Å². The predicted molar refractivity (Wildman–Crippen MR) is 80.3 cm³/mol. The number of hydrogen-bond donors (Lipinski definition) is 1. The predicted octanol–water partition coefficient (Wildman–Crippen LogP) is 3.49. The summed E-state index contributed by atoms with van der Waals surface area (Å²) in [6, 6.07) is 11.9. The van der Waals surface area contributed by atoms with Crippen LogP contribution in [0, 0.1) is 0 Å². The van der Waals surface area contributed by atoms with Gasteiger partial charge in [0.15, 0.2) is 0 Å². The minimum Gasteiger partial charge on any atom is -0.494 e. The standard InChI is InChI=1S/C16H20N2O2/c1-3-19-15-8-5-13(6-9-15)11-17-14-7-10-16(18-12-14)20-4-2/h5-10,12,17H,3-4,11H2,1-2H3. The highest BCUT2D eigenvalue weighted by molar-refractivity contribution is 5.43. The lowest BCUT2D eigenvalue weighted by Gasteiger charge is -2.08. The van der Waals surface area contributed by atoms with Crippen molar-refractivity contribution < 1.29 is 9.47 Å². The van der Waals surface area contributed by atoms with E-state index in [1.54, 1.807) is 6.20 Å². The van der Waals surface area contributed by atoms with E-state index in [0.717, 1.165) is 18.0 Å². The van der Waals surface area contributed by atoms with Crippen molar-refractivity contribution in [3.8, 4) is 11.6 Å². The van der Waals surface area contributed by atoms with E-state index in [2.05, 4.69) is 22.4 Å². The Kier molecular flexibility index (Phi) is 5.24. The third kappa shape index (κ3) is 4.16. The van der Waals surface area contributed by atoms with Crippen LogP contribution in [0.2, 0.25) is 0 Å². The number of ether oxygens (including phenoxy) is 2. The van der Waals surface area contributed by atoms with Crippen LogP contribution in [-0.4, -0.2) is 18.2 Å². The van der Waals surface area contributed by atoms with Gasteiger partial charge in [-0.25, -0.2) is 4.98 Å². The minimum atomic E-state index is 0.631. The molecule has 0 atom stereocenters. The molecule has 0 bridgehead atoms. The average molecular weight is 272 g/mol. The molecule has 0 unspecified atom stereocenters. The van der Waals surface area contributed by atoms with Crippen molar-refractivity contribution in [1.29, 1.82) is 0 Å². The number of benzene rings is 1. The normalized spacial score (nSPS) is 10.1. The lowest BCUT2D eigenvalue weighted by Crippen LogP contribution is -2.01. The van der Waals surface area contributed by atoms with Crippen LogP contribution in [0.4, 0.5) is 5.69 Å². The Labute approximate surface area is 119 Å². The molecule has 0 fully saturated rings. The quantitative estimate of drug-likeness (QED) is 0.838. The average Bonchev–Trinajstić information content (AvgIpc) is 2.49. The molecule has 0 radical (unpaired) electrons. The summed E-state index contributed by atoms with van der Waals surface area (Å²) in [6.07, 6.45) is 1.78. The first-order valence-corrected chi connectivity index (χ1v) is 6.86. The first-order chi connectivity index (χ1) is 9.81. The zero-order valence-electron chi connectivity index (χ0n) is 11.9. The van der Waals surface area contributed by atoms with Gasteiger partial charge in [-0.15, -0.1) is 0 Å². The van der Waals surface area contributed by atoms with E-state index in [4.69, 9.17) is 9.47 Å². The van der Waals surface area contributed by atoms with E-state index in [9.17, 15) is 0 Å². The second kappa shape index (κ2) is 7.38. The van der Waals surface area contributed by atoms with Crippen LogP contribution in [0.1, 0.15) is 19.4 Å². The minimum absolute atomic E-state index is 0.631. The second-order valence-corrected chi connectivity index (χ2v) is 4.25. The SMILES string of the molecule is CCOc1ccc(CNc2ccc(OCC)nc2)cc1. The summed E-state index contributed by atoms with van der Waals surface area (Å²) in [6.45, 7) is 6.00. The molecular formula is C16H20N2O2. The molecule has 2 rings (SSSR count). The van der Waals surface area contributed by atoms with Crippen LogP contribution < -0.4 is 14.8 Å². The third-order valence-electron chi connectivity index (χ3n) is 2.76. The van der Waals surface area contributed by atoms with Gasteiger partial charge in [-0.1, -0.05) is 12.1 Å². The van der Waals surface area contributed by atoms with E-state index in [1.807, 2.05) is 38.1 Å². The Morgan fingerprint density at radius 3 is 2.30 bits per heavy atom. The number of rotatable bonds is 7. The van der Waals surface area contributed by atoms with E-state index in [-0.39, 0.29) is 0 Å². The van der Waals surface area contributed by atoms with Crippen molar-refractivity contribution in [3.63, 3.8) is 0 Å². The smallest absolute Gasteiger partial charge is 0.213 e. The van der Waals surface area contributed by atoms with Crippen molar-refractivity contribution in [2.45, 2.75) is 20.4 Å². The van der Waals surface area contributed by atoms with Crippen molar-refractivity contribution in [2.24, 2.45) is 0 Å². The molecule has 1 aromatic heterocycles. The molecule has 0 saturated heterocycles. The second-order valence-electron chi connectivity index (χ2n) is 4.25. The van der Waals surface area contributed by atoms with E-state index >= 15 is 0 Å². The fourth-order valence-electron chi connectivity index (χ4n) is 1.79. The number of anilines is 1. The summed E-state index contributed by atoms with van der Waals surface area (Å²) in [5.41, 5.74) is 2.17. The molecule has 1 N–H and O–H groups in total. The number of pyridine rings is 1. The maximum absolute atomic E-state index is 5.42. The van der Waals surface area contributed by atoms with Gasteiger partial charge in [0.25, 0.3) is 0 Å². The molecule has 0 aliphatic rings. The molecular weight excluding hydrogens is 252 g/mol. The summed E-state index contributed by atoms with van der Waals surface area (Å²) in [5, 5.41) is 3.32. The topological polar surface area (TPSA) is 43.4 Å². The highest BCUT2D eigenvalue weighted by Gasteiger charge is 1.98. The van der Waals surface area contributed by atoms with Crippen LogP contribution in [0.25, 0.3) is 0 Å². The van der Waals surface area contributed by atoms with Crippen molar-refractivity contribution >= 4 is 5.69 Å². The Hall–Kier alpha value is -2.23. The van der Waals surface area contributed by atoms with Gasteiger partial charge < -0.3 is 14.8 Å². The monoisotopic (exact) mass is 272 g/mol. The van der Waals surface area contributed by atoms with Gasteiger partial charge in [0, 0.05) is 12.6 Å². The van der Waals surface area contributed by atoms with Crippen LogP contribution in [0.3, 0.4) is 0 Å². The molecule has 4 heteroatoms. The van der Waals surface area contributed by atoms with Gasteiger partial charge in [0.1, 0.15) is 5.75 Å². The summed E-state index contributed by atoms with van der Waals surface area (Å²) in [4.78, 5) is 4.21. The first kappa shape index (κ1) is 14.2. The number of nitrogens with one attached hydrogen (secondary N) is 1. The zero-order valence-corrected chi connectivity index (χ0v) is 11.9. The number of nitrogens with zero attached hydrogens (tertiary/aromatic N) is 1. The molecule has 0 aliphatic heterocycles. The molecule has 0 spiro atoms. The molecule has 0 aliphatic carbocycles. The third-order valence-corrected chi connectivity index (χ3v) is 2.76. The summed E-state index contributed by atoms with van der Waals surface area (Å²) < 4.78 is 10.7. The molecule has 1 aromatic carbocycles. The van der Waals surface area contributed by atoms with Crippen LogP contribution in [-0.2, 0) is 6.54 Å². The Morgan fingerprint density at radius 2 is 1.70 bits per heavy atom. The Bertz CT molecular complexity index is 460. The van der Waals surface area contributed by atoms with Crippen molar-refractivity contribution in [2.75, 3.05) is 18.5 Å². The van der Waals surface area contributed by atoms with E-state index < -0.39 is 0 Å². The van der Waals surface area contributed by atoms with Crippen LogP contribution in [0.5, 0.6) is 11.6 Å². The highest BCUT2D eigenvalue weighted by Crippen LogP contribution is 2.15. The van der Waals surface area contributed by atoms with Gasteiger partial charge in [-0.2, -0.15) is 0 Å². The maximum atomic E-state index is 5.42.